The fraction of sp³-hybridized carbons (Fsp3) is 0.100. The molecule has 0 radical (unpaired) electrons. The fourth-order valence-corrected chi connectivity index (χ4v) is 1.36. The van der Waals surface area contributed by atoms with E-state index in [0.717, 1.165) is 21.3 Å². The SMILES string of the molecule is C=C(Br)CNc1nccc2occc12. The minimum absolute atomic E-state index is 0.650. The van der Waals surface area contributed by atoms with Gasteiger partial charge in [0.25, 0.3) is 0 Å². The van der Waals surface area contributed by atoms with Crippen LogP contribution in [0.3, 0.4) is 0 Å². The normalized spacial score (nSPS) is 10.4. The van der Waals surface area contributed by atoms with Gasteiger partial charge in [0.15, 0.2) is 0 Å². The van der Waals surface area contributed by atoms with Crippen molar-refractivity contribution in [3.63, 3.8) is 0 Å². The van der Waals surface area contributed by atoms with Crippen molar-refractivity contribution in [3.8, 4) is 0 Å². The summed E-state index contributed by atoms with van der Waals surface area (Å²) < 4.78 is 6.14. The summed E-state index contributed by atoms with van der Waals surface area (Å²) >= 11 is 3.28. The molecule has 4 heteroatoms. The van der Waals surface area contributed by atoms with Crippen LogP contribution in [0.5, 0.6) is 0 Å². The molecule has 0 unspecified atom stereocenters. The molecule has 0 amide bonds. The van der Waals surface area contributed by atoms with Gasteiger partial charge in [-0.05, 0) is 12.1 Å². The zero-order valence-corrected chi connectivity index (χ0v) is 9.04. The van der Waals surface area contributed by atoms with Crippen molar-refractivity contribution < 1.29 is 4.42 Å². The Morgan fingerprint density at radius 2 is 2.43 bits per heavy atom. The van der Waals surface area contributed by atoms with Crippen LogP contribution >= 0.6 is 15.9 Å². The largest absolute Gasteiger partial charge is 0.464 e. The number of aromatic nitrogens is 1. The summed E-state index contributed by atoms with van der Waals surface area (Å²) in [5.74, 6) is 0.817. The Hall–Kier alpha value is -1.29. The summed E-state index contributed by atoms with van der Waals surface area (Å²) in [6.45, 7) is 4.39. The third-order valence-electron chi connectivity index (χ3n) is 1.83. The van der Waals surface area contributed by atoms with Crippen LogP contribution in [0.15, 0.2) is 40.1 Å². The highest BCUT2D eigenvalue weighted by Gasteiger charge is 2.03. The molecule has 0 atom stereocenters. The predicted octanol–water partition coefficient (Wildman–Crippen LogP) is 3.15. The second kappa shape index (κ2) is 3.84. The maximum atomic E-state index is 5.25. The molecule has 0 fully saturated rings. The molecule has 2 heterocycles. The van der Waals surface area contributed by atoms with Gasteiger partial charge in [-0.15, -0.1) is 0 Å². The molecule has 2 aromatic heterocycles. The summed E-state index contributed by atoms with van der Waals surface area (Å²) in [5, 5.41) is 4.14. The molecule has 72 valence electrons. The van der Waals surface area contributed by atoms with E-state index in [1.165, 1.54) is 0 Å². The zero-order valence-electron chi connectivity index (χ0n) is 7.46. The Morgan fingerprint density at radius 1 is 1.57 bits per heavy atom. The first-order chi connectivity index (χ1) is 6.77. The Kier molecular flexibility index (Phi) is 2.54. The van der Waals surface area contributed by atoms with Gasteiger partial charge in [-0.3, -0.25) is 0 Å². The monoisotopic (exact) mass is 252 g/mol. The number of hydrogen-bond donors (Lipinski definition) is 1. The van der Waals surface area contributed by atoms with Gasteiger partial charge < -0.3 is 9.73 Å². The van der Waals surface area contributed by atoms with Gasteiger partial charge in [0, 0.05) is 17.2 Å². The lowest BCUT2D eigenvalue weighted by Gasteiger charge is -2.04. The van der Waals surface area contributed by atoms with E-state index in [2.05, 4.69) is 32.8 Å². The summed E-state index contributed by atoms with van der Waals surface area (Å²) in [7, 11) is 0. The number of rotatable bonds is 3. The molecule has 0 aliphatic heterocycles. The molecule has 0 bridgehead atoms. The van der Waals surface area contributed by atoms with Crippen molar-refractivity contribution in [2.45, 2.75) is 0 Å². The Labute approximate surface area is 89.9 Å². The molecule has 0 saturated heterocycles. The van der Waals surface area contributed by atoms with E-state index in [-0.39, 0.29) is 0 Å². The molecule has 0 saturated carbocycles. The number of furan rings is 1. The molecule has 2 aromatic rings. The number of halogens is 1. The number of hydrogen-bond acceptors (Lipinski definition) is 3. The molecule has 0 spiro atoms. The van der Waals surface area contributed by atoms with Gasteiger partial charge in [-0.1, -0.05) is 22.5 Å². The van der Waals surface area contributed by atoms with Crippen molar-refractivity contribution >= 4 is 32.7 Å². The Morgan fingerprint density at radius 3 is 3.21 bits per heavy atom. The first-order valence-corrected chi connectivity index (χ1v) is 4.96. The van der Waals surface area contributed by atoms with Gasteiger partial charge in [0.1, 0.15) is 11.4 Å². The van der Waals surface area contributed by atoms with Gasteiger partial charge >= 0.3 is 0 Å². The van der Waals surface area contributed by atoms with E-state index >= 15 is 0 Å². The minimum atomic E-state index is 0.650. The second-order valence-corrected chi connectivity index (χ2v) is 3.98. The molecular weight excluding hydrogens is 244 g/mol. The van der Waals surface area contributed by atoms with E-state index < -0.39 is 0 Å². The van der Waals surface area contributed by atoms with Gasteiger partial charge in [-0.25, -0.2) is 4.98 Å². The van der Waals surface area contributed by atoms with Crippen molar-refractivity contribution in [1.82, 2.24) is 4.98 Å². The van der Waals surface area contributed by atoms with Crippen molar-refractivity contribution in [3.05, 3.63) is 35.7 Å². The lowest BCUT2D eigenvalue weighted by molar-refractivity contribution is 0.615. The highest BCUT2D eigenvalue weighted by Crippen LogP contribution is 2.21. The van der Waals surface area contributed by atoms with Crippen LogP contribution in [0.1, 0.15) is 0 Å². The molecule has 3 nitrogen and oxygen atoms in total. The molecule has 14 heavy (non-hydrogen) atoms. The molecule has 0 aromatic carbocycles. The van der Waals surface area contributed by atoms with Crippen molar-refractivity contribution in [2.24, 2.45) is 0 Å². The topological polar surface area (TPSA) is 38.1 Å². The maximum Gasteiger partial charge on any atom is 0.139 e. The van der Waals surface area contributed by atoms with E-state index in [1.807, 2.05) is 12.1 Å². The molecular formula is C10H9BrN2O. The predicted molar refractivity (Wildman–Crippen MR) is 60.6 cm³/mol. The number of nitrogens with one attached hydrogen (secondary N) is 1. The third kappa shape index (κ3) is 1.80. The second-order valence-electron chi connectivity index (χ2n) is 2.86. The van der Waals surface area contributed by atoms with Crippen LogP contribution in [-0.4, -0.2) is 11.5 Å². The Balaban J connectivity index is 2.32. The number of anilines is 1. The maximum absolute atomic E-state index is 5.25. The first kappa shape index (κ1) is 9.27. The van der Waals surface area contributed by atoms with E-state index in [4.69, 9.17) is 4.42 Å². The van der Waals surface area contributed by atoms with Crippen molar-refractivity contribution in [2.75, 3.05) is 11.9 Å². The smallest absolute Gasteiger partial charge is 0.139 e. The van der Waals surface area contributed by atoms with Crippen LogP contribution in [0.25, 0.3) is 11.0 Å². The third-order valence-corrected chi connectivity index (χ3v) is 2.11. The standard InChI is InChI=1S/C10H9BrN2O/c1-7(11)6-13-10-8-3-5-14-9(8)2-4-12-10/h2-5H,1,6H2,(H,12,13). The average molecular weight is 253 g/mol. The molecule has 0 aliphatic rings. The number of pyridine rings is 1. The van der Waals surface area contributed by atoms with Crippen LogP contribution in [0.4, 0.5) is 5.82 Å². The quantitative estimate of drug-likeness (QED) is 0.913. The Bertz CT molecular complexity index is 464. The highest BCUT2D eigenvalue weighted by atomic mass is 79.9. The van der Waals surface area contributed by atoms with E-state index in [1.54, 1.807) is 12.5 Å². The summed E-state index contributed by atoms with van der Waals surface area (Å²) in [4.78, 5) is 4.22. The van der Waals surface area contributed by atoms with Gasteiger partial charge in [0.05, 0.1) is 11.6 Å². The minimum Gasteiger partial charge on any atom is -0.464 e. The van der Waals surface area contributed by atoms with Crippen LogP contribution in [0, 0.1) is 0 Å². The van der Waals surface area contributed by atoms with E-state index in [9.17, 15) is 0 Å². The number of fused-ring (bicyclic) bond motifs is 1. The van der Waals surface area contributed by atoms with Gasteiger partial charge in [-0.2, -0.15) is 0 Å². The summed E-state index contributed by atoms with van der Waals surface area (Å²) in [6, 6.07) is 3.73. The van der Waals surface area contributed by atoms with Crippen LogP contribution < -0.4 is 5.32 Å². The average Bonchev–Trinajstić information content (AvgIpc) is 2.62. The molecule has 2 rings (SSSR count). The van der Waals surface area contributed by atoms with Crippen LogP contribution in [0.2, 0.25) is 0 Å². The first-order valence-electron chi connectivity index (χ1n) is 4.17. The van der Waals surface area contributed by atoms with E-state index in [0.29, 0.717) is 6.54 Å². The van der Waals surface area contributed by atoms with Crippen LogP contribution in [-0.2, 0) is 0 Å². The van der Waals surface area contributed by atoms with Crippen molar-refractivity contribution in [1.29, 1.82) is 0 Å². The molecule has 1 N–H and O–H groups in total. The summed E-state index contributed by atoms with van der Waals surface area (Å²) in [5.41, 5.74) is 0.836. The number of nitrogens with zero attached hydrogens (tertiary/aromatic N) is 1. The lowest BCUT2D eigenvalue weighted by atomic mass is 10.3. The molecule has 0 aliphatic carbocycles. The lowest BCUT2D eigenvalue weighted by Crippen LogP contribution is -2.02. The zero-order chi connectivity index (χ0) is 9.97. The summed E-state index contributed by atoms with van der Waals surface area (Å²) in [6.07, 6.45) is 3.37. The fourth-order valence-electron chi connectivity index (χ4n) is 1.22. The van der Waals surface area contributed by atoms with Gasteiger partial charge in [0.2, 0.25) is 0 Å². The highest BCUT2D eigenvalue weighted by molar-refractivity contribution is 9.11.